The lowest BCUT2D eigenvalue weighted by Crippen LogP contribution is -2.11. The Morgan fingerprint density at radius 2 is 2.10 bits per heavy atom. The number of nitrogen functional groups attached to an aromatic ring is 1. The summed E-state index contributed by atoms with van der Waals surface area (Å²) in [5.74, 6) is -1.14. The number of nitriles is 1. The Hall–Kier alpha value is -2.46. The van der Waals surface area contributed by atoms with Crippen LogP contribution in [0.3, 0.4) is 0 Å². The Labute approximate surface area is 115 Å². The summed E-state index contributed by atoms with van der Waals surface area (Å²) in [5.41, 5.74) is 5.78. The summed E-state index contributed by atoms with van der Waals surface area (Å²) in [4.78, 5) is 3.73. The molecule has 20 heavy (non-hydrogen) atoms. The van der Waals surface area contributed by atoms with Crippen LogP contribution in [-0.2, 0) is 15.6 Å². The number of benzene rings is 1. The summed E-state index contributed by atoms with van der Waals surface area (Å²) >= 11 is 0. The number of hydrogen-bond acceptors (Lipinski definition) is 5. The van der Waals surface area contributed by atoms with E-state index >= 15 is 0 Å². The molecule has 1 aromatic carbocycles. The molecule has 5 nitrogen and oxygen atoms in total. The summed E-state index contributed by atoms with van der Waals surface area (Å²) in [6.45, 7) is 0. The van der Waals surface area contributed by atoms with Crippen LogP contribution < -0.4 is 5.73 Å². The van der Waals surface area contributed by atoms with Gasteiger partial charge in [0, 0.05) is 6.20 Å². The molecular weight excluding hydrogens is 281 g/mol. The molecule has 0 spiro atoms. The van der Waals surface area contributed by atoms with Crippen molar-refractivity contribution in [2.24, 2.45) is 0 Å². The van der Waals surface area contributed by atoms with Crippen molar-refractivity contribution in [2.45, 2.75) is 10.8 Å². The number of sulfone groups is 1. The first kappa shape index (κ1) is 14.0. The zero-order valence-electron chi connectivity index (χ0n) is 10.2. The summed E-state index contributed by atoms with van der Waals surface area (Å²) < 4.78 is 37.7. The SMILES string of the molecule is N#Cc1ccc(F)cc1CS(=O)(=O)c1ncccc1N. The van der Waals surface area contributed by atoms with Gasteiger partial charge in [-0.05, 0) is 35.9 Å². The van der Waals surface area contributed by atoms with Crippen molar-refractivity contribution >= 4 is 15.5 Å². The molecule has 2 aromatic rings. The molecule has 1 heterocycles. The molecule has 0 aliphatic rings. The van der Waals surface area contributed by atoms with Gasteiger partial charge in [0.05, 0.1) is 23.1 Å². The van der Waals surface area contributed by atoms with E-state index in [2.05, 4.69) is 4.98 Å². The van der Waals surface area contributed by atoms with Gasteiger partial charge in [-0.2, -0.15) is 5.26 Å². The Morgan fingerprint density at radius 3 is 2.75 bits per heavy atom. The summed E-state index contributed by atoms with van der Waals surface area (Å²) in [7, 11) is -3.85. The molecule has 1 aromatic heterocycles. The summed E-state index contributed by atoms with van der Waals surface area (Å²) in [6.07, 6.45) is 1.31. The second-order valence-corrected chi connectivity index (χ2v) is 5.98. The number of rotatable bonds is 3. The Bertz CT molecular complexity index is 798. The van der Waals surface area contributed by atoms with Crippen LogP contribution in [0.5, 0.6) is 0 Å². The van der Waals surface area contributed by atoms with Crippen LogP contribution >= 0.6 is 0 Å². The molecule has 0 bridgehead atoms. The molecule has 0 aliphatic heterocycles. The highest BCUT2D eigenvalue weighted by atomic mass is 32.2. The first-order valence-electron chi connectivity index (χ1n) is 5.56. The summed E-state index contributed by atoms with van der Waals surface area (Å²) in [6, 6.07) is 8.12. The van der Waals surface area contributed by atoms with Crippen molar-refractivity contribution in [1.29, 1.82) is 5.26 Å². The number of hydrogen-bond donors (Lipinski definition) is 1. The number of aromatic nitrogens is 1. The zero-order valence-corrected chi connectivity index (χ0v) is 11.1. The van der Waals surface area contributed by atoms with Crippen molar-refractivity contribution in [3.05, 3.63) is 53.5 Å². The number of halogens is 1. The number of nitrogens with two attached hydrogens (primary N) is 1. The van der Waals surface area contributed by atoms with E-state index in [4.69, 9.17) is 11.0 Å². The van der Waals surface area contributed by atoms with Crippen molar-refractivity contribution in [1.82, 2.24) is 4.98 Å². The molecular formula is C13H10FN3O2S. The van der Waals surface area contributed by atoms with Crippen molar-refractivity contribution in [2.75, 3.05) is 5.73 Å². The molecule has 0 radical (unpaired) electrons. The fourth-order valence-electron chi connectivity index (χ4n) is 1.73. The van der Waals surface area contributed by atoms with Gasteiger partial charge in [0.1, 0.15) is 5.82 Å². The van der Waals surface area contributed by atoms with E-state index in [1.807, 2.05) is 6.07 Å². The largest absolute Gasteiger partial charge is 0.396 e. The maximum Gasteiger partial charge on any atom is 0.201 e. The smallest absolute Gasteiger partial charge is 0.201 e. The minimum absolute atomic E-state index is 0.0161. The summed E-state index contributed by atoms with van der Waals surface area (Å²) in [5, 5.41) is 8.65. The topological polar surface area (TPSA) is 96.8 Å². The van der Waals surface area contributed by atoms with Crippen LogP contribution in [0, 0.1) is 17.1 Å². The van der Waals surface area contributed by atoms with Crippen LogP contribution in [0.25, 0.3) is 0 Å². The molecule has 0 saturated carbocycles. The maximum atomic E-state index is 13.2. The van der Waals surface area contributed by atoms with Gasteiger partial charge in [-0.1, -0.05) is 0 Å². The number of nitrogens with zero attached hydrogens (tertiary/aromatic N) is 2. The molecule has 0 fully saturated rings. The van der Waals surface area contributed by atoms with Gasteiger partial charge in [0.25, 0.3) is 0 Å². The Morgan fingerprint density at radius 1 is 1.35 bits per heavy atom. The van der Waals surface area contributed by atoms with Crippen LogP contribution in [0.1, 0.15) is 11.1 Å². The lowest BCUT2D eigenvalue weighted by atomic mass is 10.1. The van der Waals surface area contributed by atoms with E-state index in [0.29, 0.717) is 0 Å². The molecule has 0 saturated heterocycles. The van der Waals surface area contributed by atoms with Crippen molar-refractivity contribution in [3.63, 3.8) is 0 Å². The highest BCUT2D eigenvalue weighted by Gasteiger charge is 2.21. The van der Waals surface area contributed by atoms with E-state index in [9.17, 15) is 12.8 Å². The third-order valence-corrected chi connectivity index (χ3v) is 4.25. The molecule has 2 N–H and O–H groups in total. The zero-order chi connectivity index (χ0) is 14.8. The van der Waals surface area contributed by atoms with E-state index < -0.39 is 21.4 Å². The fourth-order valence-corrected chi connectivity index (χ4v) is 3.16. The van der Waals surface area contributed by atoms with Gasteiger partial charge in [0.2, 0.25) is 9.84 Å². The van der Waals surface area contributed by atoms with E-state index in [1.165, 1.54) is 24.4 Å². The van der Waals surface area contributed by atoms with Gasteiger partial charge >= 0.3 is 0 Å². The Kier molecular flexibility index (Phi) is 3.68. The molecule has 7 heteroatoms. The van der Waals surface area contributed by atoms with Gasteiger partial charge < -0.3 is 5.73 Å². The minimum atomic E-state index is -3.85. The number of pyridine rings is 1. The standard InChI is InChI=1S/C13H10FN3O2S/c14-11-4-3-9(7-15)10(6-11)8-20(18,19)13-12(16)2-1-5-17-13/h1-6H,8,16H2. The minimum Gasteiger partial charge on any atom is -0.396 e. The maximum absolute atomic E-state index is 13.2. The van der Waals surface area contributed by atoms with Gasteiger partial charge in [-0.25, -0.2) is 17.8 Å². The molecule has 0 atom stereocenters. The van der Waals surface area contributed by atoms with Crippen molar-refractivity contribution in [3.8, 4) is 6.07 Å². The first-order chi connectivity index (χ1) is 9.44. The molecule has 2 rings (SSSR count). The normalized spacial score (nSPS) is 11.0. The first-order valence-corrected chi connectivity index (χ1v) is 7.21. The molecule has 0 amide bonds. The van der Waals surface area contributed by atoms with E-state index in [-0.39, 0.29) is 21.8 Å². The van der Waals surface area contributed by atoms with Crippen LogP contribution in [-0.4, -0.2) is 13.4 Å². The Balaban J connectivity index is 2.47. The average molecular weight is 291 g/mol. The fraction of sp³-hybridized carbons (Fsp3) is 0.0769. The lowest BCUT2D eigenvalue weighted by molar-refractivity contribution is 0.591. The predicted molar refractivity (Wildman–Crippen MR) is 70.7 cm³/mol. The molecule has 0 aliphatic carbocycles. The third-order valence-electron chi connectivity index (χ3n) is 2.63. The highest BCUT2D eigenvalue weighted by molar-refractivity contribution is 7.90. The monoisotopic (exact) mass is 291 g/mol. The predicted octanol–water partition coefficient (Wildman–Crippen LogP) is 1.65. The van der Waals surface area contributed by atoms with E-state index in [1.54, 1.807) is 0 Å². The quantitative estimate of drug-likeness (QED) is 0.927. The second kappa shape index (κ2) is 5.27. The van der Waals surface area contributed by atoms with Gasteiger partial charge in [0.15, 0.2) is 5.03 Å². The van der Waals surface area contributed by atoms with Gasteiger partial charge in [-0.3, -0.25) is 0 Å². The third kappa shape index (κ3) is 2.75. The van der Waals surface area contributed by atoms with Gasteiger partial charge in [-0.15, -0.1) is 0 Å². The highest BCUT2D eigenvalue weighted by Crippen LogP contribution is 2.21. The second-order valence-electron chi connectivity index (χ2n) is 4.07. The van der Waals surface area contributed by atoms with Crippen molar-refractivity contribution < 1.29 is 12.8 Å². The number of anilines is 1. The van der Waals surface area contributed by atoms with Crippen LogP contribution in [0.2, 0.25) is 0 Å². The average Bonchev–Trinajstić information content (AvgIpc) is 2.39. The van der Waals surface area contributed by atoms with E-state index in [0.717, 1.165) is 12.1 Å². The molecule has 102 valence electrons. The van der Waals surface area contributed by atoms with Crippen LogP contribution in [0.4, 0.5) is 10.1 Å². The lowest BCUT2D eigenvalue weighted by Gasteiger charge is -2.07. The molecule has 0 unspecified atom stereocenters. The van der Waals surface area contributed by atoms with Crippen LogP contribution in [0.15, 0.2) is 41.6 Å².